The first kappa shape index (κ1) is 24.3. The number of fused-ring (bicyclic) bond motifs is 1. The average molecular weight is 523 g/mol. The van der Waals surface area contributed by atoms with Crippen LogP contribution in [0.1, 0.15) is 11.7 Å². The topological polar surface area (TPSA) is 126 Å². The molecule has 0 aliphatic rings. The van der Waals surface area contributed by atoms with Crippen LogP contribution in [0.5, 0.6) is 11.6 Å². The van der Waals surface area contributed by atoms with Gasteiger partial charge in [-0.3, -0.25) is 9.82 Å². The van der Waals surface area contributed by atoms with E-state index in [2.05, 4.69) is 20.2 Å². The molecule has 1 unspecified atom stereocenters. The maximum Gasteiger partial charge on any atom is 0.271 e. The lowest BCUT2D eigenvalue weighted by Gasteiger charge is -2.15. The Labute approximate surface area is 205 Å². The van der Waals surface area contributed by atoms with E-state index in [1.165, 1.54) is 12.1 Å². The fourth-order valence-corrected chi connectivity index (χ4v) is 5.54. The molecule has 34 heavy (non-hydrogen) atoms. The van der Waals surface area contributed by atoms with Gasteiger partial charge in [-0.15, -0.1) is 16.4 Å². The van der Waals surface area contributed by atoms with Crippen molar-refractivity contribution in [1.29, 1.82) is 0 Å². The van der Waals surface area contributed by atoms with E-state index in [-0.39, 0.29) is 21.5 Å². The van der Waals surface area contributed by atoms with E-state index in [1.807, 2.05) is 18.2 Å². The van der Waals surface area contributed by atoms with Gasteiger partial charge in [0.25, 0.3) is 10.0 Å². The molecule has 2 aromatic heterocycles. The van der Waals surface area contributed by atoms with Crippen LogP contribution >= 0.6 is 22.9 Å². The highest BCUT2D eigenvalue weighted by atomic mass is 35.5. The fourth-order valence-electron chi connectivity index (χ4n) is 3.26. The summed E-state index contributed by atoms with van der Waals surface area (Å²) in [5, 5.41) is 23.4. The predicted molar refractivity (Wildman–Crippen MR) is 133 cm³/mol. The molecule has 0 aliphatic heterocycles. The summed E-state index contributed by atoms with van der Waals surface area (Å²) < 4.78 is 38.6. The molecule has 0 aliphatic carbocycles. The number of methoxy groups -OCH3 is 1. The highest BCUT2D eigenvalue weighted by Gasteiger charge is 2.18. The summed E-state index contributed by atoms with van der Waals surface area (Å²) in [5.41, 5.74) is 1.55. The number of sulfonamides is 1. The van der Waals surface area contributed by atoms with Gasteiger partial charge in [0.05, 0.1) is 34.8 Å². The lowest BCUT2D eigenvalue weighted by Crippen LogP contribution is -2.26. The van der Waals surface area contributed by atoms with E-state index < -0.39 is 16.1 Å². The number of nitrogens with one attached hydrogen (secondary N) is 3. The molecular formula is C22H23ClN4O5S2. The highest BCUT2D eigenvalue weighted by Crippen LogP contribution is 2.29. The number of rotatable bonds is 11. The van der Waals surface area contributed by atoms with E-state index in [0.717, 1.165) is 22.2 Å². The number of aliphatic hydroxyl groups excluding tert-OH is 1. The van der Waals surface area contributed by atoms with Crippen LogP contribution in [0.4, 0.5) is 5.69 Å². The molecule has 180 valence electrons. The summed E-state index contributed by atoms with van der Waals surface area (Å²) in [6.45, 7) is 1.13. The second-order valence-corrected chi connectivity index (χ2v) is 10.5. The molecule has 0 amide bonds. The smallest absolute Gasteiger partial charge is 0.271 e. The minimum absolute atomic E-state index is 0.182. The zero-order valence-electron chi connectivity index (χ0n) is 18.1. The number of halogens is 1. The van der Waals surface area contributed by atoms with Gasteiger partial charge in [0.1, 0.15) is 16.6 Å². The third-order valence-corrected chi connectivity index (χ3v) is 8.05. The van der Waals surface area contributed by atoms with Crippen LogP contribution in [0.2, 0.25) is 5.02 Å². The lowest BCUT2D eigenvalue weighted by molar-refractivity contribution is 0.172. The van der Waals surface area contributed by atoms with E-state index in [9.17, 15) is 13.5 Å². The third kappa shape index (κ3) is 5.62. The van der Waals surface area contributed by atoms with Gasteiger partial charge in [-0.2, -0.15) is 0 Å². The first-order valence-electron chi connectivity index (χ1n) is 10.3. The number of aliphatic hydroxyl groups is 1. The van der Waals surface area contributed by atoms with Crippen molar-refractivity contribution in [3.05, 3.63) is 64.5 Å². The second kappa shape index (κ2) is 10.6. The van der Waals surface area contributed by atoms with Gasteiger partial charge in [-0.25, -0.2) is 8.42 Å². The Bertz CT molecular complexity index is 1360. The number of thiophene rings is 1. The van der Waals surface area contributed by atoms with Crippen molar-refractivity contribution in [3.63, 3.8) is 0 Å². The molecule has 4 N–H and O–H groups in total. The van der Waals surface area contributed by atoms with E-state index in [1.54, 1.807) is 30.7 Å². The SMILES string of the molecule is COc1n[nH]c2cc(OCCNCC(O)c3ccc(Cl)c(NS(=O)(=O)c4cccs4)c3)ccc12. The van der Waals surface area contributed by atoms with Crippen molar-refractivity contribution >= 4 is 49.6 Å². The standard InChI is InChI=1S/C22H23ClN4O5S2/c1-31-22-16-6-5-15(12-18(16)25-26-22)32-9-8-24-13-20(28)14-4-7-17(23)19(11-14)27-34(29,30)21-3-2-10-33-21/h2-7,10-12,20,24,27-28H,8-9,13H2,1H3,(H,25,26). The van der Waals surface area contributed by atoms with Gasteiger partial charge < -0.3 is 19.9 Å². The average Bonchev–Trinajstić information content (AvgIpc) is 3.50. The second-order valence-electron chi connectivity index (χ2n) is 7.29. The number of ether oxygens (including phenoxy) is 2. The molecule has 9 nitrogen and oxygen atoms in total. The summed E-state index contributed by atoms with van der Waals surface area (Å²) in [7, 11) is -2.18. The van der Waals surface area contributed by atoms with Crippen LogP contribution in [0.15, 0.2) is 58.1 Å². The van der Waals surface area contributed by atoms with Crippen molar-refractivity contribution < 1.29 is 23.0 Å². The first-order chi connectivity index (χ1) is 16.4. The fraction of sp³-hybridized carbons (Fsp3) is 0.227. The molecule has 12 heteroatoms. The van der Waals surface area contributed by atoms with Crippen molar-refractivity contribution in [2.24, 2.45) is 0 Å². The molecule has 4 rings (SSSR count). The number of aromatic amines is 1. The minimum Gasteiger partial charge on any atom is -0.492 e. The molecule has 0 fully saturated rings. The molecule has 0 saturated carbocycles. The summed E-state index contributed by atoms with van der Waals surface area (Å²) >= 11 is 7.27. The van der Waals surface area contributed by atoms with Crippen LogP contribution in [0.3, 0.4) is 0 Å². The Kier molecular flexibility index (Phi) is 7.59. The maximum absolute atomic E-state index is 12.5. The Morgan fingerprint density at radius 3 is 2.85 bits per heavy atom. The monoisotopic (exact) mass is 522 g/mol. The normalized spacial score (nSPS) is 12.6. The molecule has 0 spiro atoms. The Balaban J connectivity index is 1.28. The van der Waals surface area contributed by atoms with Crippen molar-refractivity contribution in [2.45, 2.75) is 10.3 Å². The summed E-state index contributed by atoms with van der Waals surface area (Å²) in [6, 6.07) is 13.4. The Morgan fingerprint density at radius 1 is 1.24 bits per heavy atom. The van der Waals surface area contributed by atoms with Gasteiger partial charge in [0, 0.05) is 19.2 Å². The van der Waals surface area contributed by atoms with Gasteiger partial charge in [0.2, 0.25) is 5.88 Å². The molecule has 0 bridgehead atoms. The molecule has 0 saturated heterocycles. The van der Waals surface area contributed by atoms with Crippen LogP contribution in [0, 0.1) is 0 Å². The number of aromatic nitrogens is 2. The van der Waals surface area contributed by atoms with Gasteiger partial charge >= 0.3 is 0 Å². The number of nitrogens with zero attached hydrogens (tertiary/aromatic N) is 1. The van der Waals surface area contributed by atoms with Crippen LogP contribution < -0.4 is 19.5 Å². The number of hydrogen-bond acceptors (Lipinski definition) is 8. The number of benzene rings is 2. The van der Waals surface area contributed by atoms with Crippen molar-refractivity contribution in [2.75, 3.05) is 31.5 Å². The van der Waals surface area contributed by atoms with Gasteiger partial charge in [-0.1, -0.05) is 23.7 Å². The molecule has 2 aromatic carbocycles. The van der Waals surface area contributed by atoms with E-state index in [0.29, 0.717) is 30.3 Å². The Morgan fingerprint density at radius 2 is 2.09 bits per heavy atom. The summed E-state index contributed by atoms with van der Waals surface area (Å²) in [6.07, 6.45) is -0.865. The molecule has 2 heterocycles. The number of anilines is 1. The van der Waals surface area contributed by atoms with Crippen LogP contribution in [-0.4, -0.2) is 50.5 Å². The zero-order chi connectivity index (χ0) is 24.1. The third-order valence-electron chi connectivity index (χ3n) is 4.96. The molecular weight excluding hydrogens is 500 g/mol. The largest absolute Gasteiger partial charge is 0.492 e. The van der Waals surface area contributed by atoms with Gasteiger partial charge in [0.15, 0.2) is 0 Å². The molecule has 4 aromatic rings. The summed E-state index contributed by atoms with van der Waals surface area (Å²) in [4.78, 5) is 0. The Hall–Kier alpha value is -2.83. The first-order valence-corrected chi connectivity index (χ1v) is 13.0. The van der Waals surface area contributed by atoms with Gasteiger partial charge in [-0.05, 0) is 41.3 Å². The number of hydrogen-bond donors (Lipinski definition) is 4. The van der Waals surface area contributed by atoms with Crippen molar-refractivity contribution in [3.8, 4) is 11.6 Å². The highest BCUT2D eigenvalue weighted by molar-refractivity contribution is 7.94. The quantitative estimate of drug-likeness (QED) is 0.221. The molecule has 1 atom stereocenters. The van der Waals surface area contributed by atoms with Crippen LogP contribution in [-0.2, 0) is 10.0 Å². The minimum atomic E-state index is -3.74. The summed E-state index contributed by atoms with van der Waals surface area (Å²) in [5.74, 6) is 1.21. The van der Waals surface area contributed by atoms with Crippen LogP contribution in [0.25, 0.3) is 10.9 Å². The van der Waals surface area contributed by atoms with E-state index in [4.69, 9.17) is 21.1 Å². The molecule has 0 radical (unpaired) electrons. The zero-order valence-corrected chi connectivity index (χ0v) is 20.5. The van der Waals surface area contributed by atoms with E-state index >= 15 is 0 Å². The number of H-pyrrole nitrogens is 1. The predicted octanol–water partition coefficient (Wildman–Crippen LogP) is 3.79. The van der Waals surface area contributed by atoms with Crippen molar-refractivity contribution in [1.82, 2.24) is 15.5 Å². The lowest BCUT2D eigenvalue weighted by atomic mass is 10.1. The maximum atomic E-state index is 12.5.